The molecule has 0 aromatic heterocycles. The average molecular weight is 268 g/mol. The molecule has 0 spiro atoms. The number of hydrogen-bond donors (Lipinski definition) is 2. The van der Waals surface area contributed by atoms with Gasteiger partial charge in [-0.15, -0.1) is 0 Å². The van der Waals surface area contributed by atoms with E-state index in [-0.39, 0.29) is 11.9 Å². The molecule has 0 saturated heterocycles. The maximum absolute atomic E-state index is 12.3. The fourth-order valence-corrected chi connectivity index (χ4v) is 2.29. The number of anilines is 1. The summed E-state index contributed by atoms with van der Waals surface area (Å²) in [4.78, 5) is 12.3. The van der Waals surface area contributed by atoms with Crippen LogP contribution in [-0.4, -0.2) is 5.91 Å². The van der Waals surface area contributed by atoms with Crippen molar-refractivity contribution in [2.75, 3.05) is 5.73 Å². The quantitative estimate of drug-likeness (QED) is 0.838. The molecule has 1 atom stereocenters. The lowest BCUT2D eigenvalue weighted by atomic mass is 10.0. The highest BCUT2D eigenvalue weighted by Gasteiger charge is 2.14. The van der Waals surface area contributed by atoms with Crippen molar-refractivity contribution < 1.29 is 4.79 Å². The van der Waals surface area contributed by atoms with Gasteiger partial charge < -0.3 is 11.1 Å². The summed E-state index contributed by atoms with van der Waals surface area (Å²) >= 11 is 0. The Bertz CT molecular complexity index is 635. The van der Waals surface area contributed by atoms with Gasteiger partial charge >= 0.3 is 0 Å². The van der Waals surface area contributed by atoms with Crippen LogP contribution in [0.15, 0.2) is 42.5 Å². The summed E-state index contributed by atoms with van der Waals surface area (Å²) in [6.45, 7) is 5.96. The molecule has 0 saturated carbocycles. The molecule has 2 rings (SSSR count). The van der Waals surface area contributed by atoms with Crippen LogP contribution in [0.5, 0.6) is 0 Å². The van der Waals surface area contributed by atoms with Gasteiger partial charge in [0.2, 0.25) is 0 Å². The molecule has 2 aromatic rings. The molecule has 0 fully saturated rings. The van der Waals surface area contributed by atoms with Crippen molar-refractivity contribution in [3.8, 4) is 0 Å². The van der Waals surface area contributed by atoms with Crippen LogP contribution >= 0.6 is 0 Å². The number of aryl methyl sites for hydroxylation is 2. The van der Waals surface area contributed by atoms with E-state index in [2.05, 4.69) is 5.32 Å². The first-order valence-corrected chi connectivity index (χ1v) is 6.71. The molecule has 0 radical (unpaired) electrons. The number of nitrogens with two attached hydrogens (primary N) is 1. The van der Waals surface area contributed by atoms with Crippen molar-refractivity contribution in [2.45, 2.75) is 26.8 Å². The summed E-state index contributed by atoms with van der Waals surface area (Å²) < 4.78 is 0. The van der Waals surface area contributed by atoms with Crippen molar-refractivity contribution >= 4 is 11.6 Å². The Kier molecular flexibility index (Phi) is 4.08. The van der Waals surface area contributed by atoms with E-state index in [4.69, 9.17) is 5.73 Å². The number of nitrogens with one attached hydrogen (secondary N) is 1. The number of rotatable bonds is 3. The van der Waals surface area contributed by atoms with Crippen LogP contribution in [0.3, 0.4) is 0 Å². The van der Waals surface area contributed by atoms with Gasteiger partial charge in [-0.3, -0.25) is 4.79 Å². The summed E-state index contributed by atoms with van der Waals surface area (Å²) in [5, 5.41) is 3.00. The molecule has 0 bridgehead atoms. The van der Waals surface area contributed by atoms with E-state index < -0.39 is 0 Å². The lowest BCUT2D eigenvalue weighted by Crippen LogP contribution is -2.27. The lowest BCUT2D eigenvalue weighted by molar-refractivity contribution is 0.0940. The largest absolute Gasteiger partial charge is 0.398 e. The number of carbonyl (C=O) groups is 1. The fourth-order valence-electron chi connectivity index (χ4n) is 2.29. The van der Waals surface area contributed by atoms with Gasteiger partial charge in [0.1, 0.15) is 0 Å². The maximum Gasteiger partial charge on any atom is 0.253 e. The second-order valence-corrected chi connectivity index (χ2v) is 5.14. The second-order valence-electron chi connectivity index (χ2n) is 5.14. The summed E-state index contributed by atoms with van der Waals surface area (Å²) in [6, 6.07) is 13.5. The third kappa shape index (κ3) is 2.99. The van der Waals surface area contributed by atoms with Crippen LogP contribution in [0.4, 0.5) is 5.69 Å². The molecule has 3 heteroatoms. The second kappa shape index (κ2) is 5.78. The smallest absolute Gasteiger partial charge is 0.253 e. The minimum absolute atomic E-state index is 0.0522. The molecule has 0 aliphatic rings. The Morgan fingerprint density at radius 1 is 1.15 bits per heavy atom. The number of hydrogen-bond acceptors (Lipinski definition) is 2. The first-order valence-electron chi connectivity index (χ1n) is 6.71. The molecule has 3 N–H and O–H groups in total. The van der Waals surface area contributed by atoms with Gasteiger partial charge in [-0.25, -0.2) is 0 Å². The summed E-state index contributed by atoms with van der Waals surface area (Å²) in [5.74, 6) is -0.137. The van der Waals surface area contributed by atoms with E-state index in [0.29, 0.717) is 11.3 Å². The van der Waals surface area contributed by atoms with Crippen LogP contribution in [0.25, 0.3) is 0 Å². The number of nitrogen functional groups attached to an aromatic ring is 1. The van der Waals surface area contributed by atoms with E-state index in [9.17, 15) is 4.79 Å². The van der Waals surface area contributed by atoms with E-state index in [0.717, 1.165) is 16.7 Å². The van der Waals surface area contributed by atoms with Crippen LogP contribution in [0.1, 0.15) is 40.0 Å². The van der Waals surface area contributed by atoms with Gasteiger partial charge in [0, 0.05) is 5.69 Å². The molecule has 104 valence electrons. The molecule has 0 heterocycles. The van der Waals surface area contributed by atoms with E-state index >= 15 is 0 Å². The number of amides is 1. The van der Waals surface area contributed by atoms with Crippen LogP contribution in [0, 0.1) is 13.8 Å². The van der Waals surface area contributed by atoms with Crippen LogP contribution in [-0.2, 0) is 0 Å². The number of carbonyl (C=O) groups excluding carboxylic acids is 1. The van der Waals surface area contributed by atoms with Gasteiger partial charge in [0.15, 0.2) is 0 Å². The van der Waals surface area contributed by atoms with Crippen molar-refractivity contribution in [3.05, 3.63) is 64.7 Å². The molecular formula is C17H20N2O. The Morgan fingerprint density at radius 2 is 1.85 bits per heavy atom. The third-order valence-corrected chi connectivity index (χ3v) is 3.46. The predicted molar refractivity (Wildman–Crippen MR) is 82.7 cm³/mol. The van der Waals surface area contributed by atoms with Gasteiger partial charge in [0.05, 0.1) is 11.6 Å². The summed E-state index contributed by atoms with van der Waals surface area (Å²) in [7, 11) is 0. The predicted octanol–water partition coefficient (Wildman–Crippen LogP) is 3.38. The van der Waals surface area contributed by atoms with E-state index in [1.807, 2.05) is 57.2 Å². The van der Waals surface area contributed by atoms with Crippen molar-refractivity contribution in [2.24, 2.45) is 0 Å². The van der Waals surface area contributed by atoms with E-state index in [1.54, 1.807) is 6.07 Å². The zero-order chi connectivity index (χ0) is 14.7. The molecular weight excluding hydrogens is 248 g/mol. The molecule has 1 amide bonds. The Hall–Kier alpha value is -2.29. The Labute approximate surface area is 119 Å². The maximum atomic E-state index is 12.3. The van der Waals surface area contributed by atoms with Crippen LogP contribution < -0.4 is 11.1 Å². The first-order chi connectivity index (χ1) is 9.49. The average Bonchev–Trinajstić information content (AvgIpc) is 2.41. The minimum Gasteiger partial charge on any atom is -0.398 e. The molecule has 3 nitrogen and oxygen atoms in total. The zero-order valence-corrected chi connectivity index (χ0v) is 12.1. The standard InChI is InChI=1S/C17H20N2O/c1-11-8-9-16(18)15(10-11)17(20)19-13(3)14-7-5-4-6-12(14)2/h4-10,13H,18H2,1-3H3,(H,19,20)/t13-/m1/s1. The topological polar surface area (TPSA) is 55.1 Å². The molecule has 0 aliphatic carbocycles. The summed E-state index contributed by atoms with van der Waals surface area (Å²) in [6.07, 6.45) is 0. The third-order valence-electron chi connectivity index (χ3n) is 3.46. The van der Waals surface area contributed by atoms with Crippen molar-refractivity contribution in [3.63, 3.8) is 0 Å². The van der Waals surface area contributed by atoms with Gasteiger partial charge in [0.25, 0.3) is 5.91 Å². The van der Waals surface area contributed by atoms with E-state index in [1.165, 1.54) is 0 Å². The highest BCUT2D eigenvalue weighted by atomic mass is 16.1. The van der Waals surface area contributed by atoms with Gasteiger partial charge in [-0.1, -0.05) is 35.9 Å². The monoisotopic (exact) mass is 268 g/mol. The molecule has 20 heavy (non-hydrogen) atoms. The fraction of sp³-hybridized carbons (Fsp3) is 0.235. The highest BCUT2D eigenvalue weighted by molar-refractivity contribution is 5.99. The van der Waals surface area contributed by atoms with Gasteiger partial charge in [-0.05, 0) is 44.0 Å². The first kappa shape index (κ1) is 14.1. The Morgan fingerprint density at radius 3 is 2.55 bits per heavy atom. The minimum atomic E-state index is -0.137. The zero-order valence-electron chi connectivity index (χ0n) is 12.1. The highest BCUT2D eigenvalue weighted by Crippen LogP contribution is 2.19. The molecule has 0 unspecified atom stereocenters. The SMILES string of the molecule is Cc1ccc(N)c(C(=O)N[C@H](C)c2ccccc2C)c1. The van der Waals surface area contributed by atoms with Crippen LogP contribution in [0.2, 0.25) is 0 Å². The van der Waals surface area contributed by atoms with Gasteiger partial charge in [-0.2, -0.15) is 0 Å². The Balaban J connectivity index is 2.20. The molecule has 2 aromatic carbocycles. The number of benzene rings is 2. The lowest BCUT2D eigenvalue weighted by Gasteiger charge is -2.17. The summed E-state index contributed by atoms with van der Waals surface area (Å²) in [5.41, 5.74) is 10.2. The molecule has 0 aliphatic heterocycles. The van der Waals surface area contributed by atoms with Crippen molar-refractivity contribution in [1.29, 1.82) is 0 Å². The van der Waals surface area contributed by atoms with Crippen molar-refractivity contribution in [1.82, 2.24) is 5.32 Å². The normalized spacial score (nSPS) is 11.9.